The Labute approximate surface area is 129 Å². The lowest BCUT2D eigenvalue weighted by atomic mass is 9.96. The van der Waals surface area contributed by atoms with Gasteiger partial charge in [0.1, 0.15) is 11.2 Å². The van der Waals surface area contributed by atoms with Crippen LogP contribution in [0.15, 0.2) is 16.9 Å². The van der Waals surface area contributed by atoms with Crippen LogP contribution >= 0.6 is 0 Å². The fraction of sp³-hybridized carbons (Fsp3) is 0.600. The molecule has 0 aromatic carbocycles. The molecule has 1 amide bonds. The minimum atomic E-state index is -1.12. The summed E-state index contributed by atoms with van der Waals surface area (Å²) in [7, 11) is 1.28. The molecule has 22 heavy (non-hydrogen) atoms. The van der Waals surface area contributed by atoms with E-state index in [9.17, 15) is 14.4 Å². The Bertz CT molecular complexity index is 597. The molecule has 7 nitrogen and oxygen atoms in total. The summed E-state index contributed by atoms with van der Waals surface area (Å²) in [5, 5.41) is 6.69. The quantitative estimate of drug-likeness (QED) is 0.762. The maximum atomic E-state index is 12.3. The Balaban J connectivity index is 3.02. The monoisotopic (exact) mass is 309 g/mol. The van der Waals surface area contributed by atoms with Crippen molar-refractivity contribution in [2.75, 3.05) is 7.11 Å². The van der Waals surface area contributed by atoms with Gasteiger partial charge in [0.05, 0.1) is 7.11 Å². The predicted molar refractivity (Wildman–Crippen MR) is 81.6 cm³/mol. The van der Waals surface area contributed by atoms with E-state index in [4.69, 9.17) is 4.74 Å². The molecular formula is C15H23N3O4. The molecular weight excluding hydrogens is 286 g/mol. The molecule has 1 unspecified atom stereocenters. The van der Waals surface area contributed by atoms with Crippen LogP contribution in [-0.2, 0) is 16.1 Å². The van der Waals surface area contributed by atoms with Crippen LogP contribution in [0.3, 0.4) is 0 Å². The number of nitrogens with one attached hydrogen (secondary N) is 1. The van der Waals surface area contributed by atoms with Gasteiger partial charge in [-0.25, -0.2) is 9.48 Å². The van der Waals surface area contributed by atoms with Crippen molar-refractivity contribution in [3.8, 4) is 0 Å². The van der Waals surface area contributed by atoms with Gasteiger partial charge in [-0.1, -0.05) is 20.3 Å². The highest BCUT2D eigenvalue weighted by atomic mass is 16.5. The number of carbonyl (C=O) groups excluding carboxylic acids is 2. The van der Waals surface area contributed by atoms with Gasteiger partial charge in [-0.2, -0.15) is 5.10 Å². The highest BCUT2D eigenvalue weighted by Crippen LogP contribution is 2.15. The molecule has 0 fully saturated rings. The first kappa shape index (κ1) is 17.9. The molecule has 1 atom stereocenters. The van der Waals surface area contributed by atoms with E-state index in [1.165, 1.54) is 23.9 Å². The average molecular weight is 309 g/mol. The Morgan fingerprint density at radius 1 is 1.32 bits per heavy atom. The van der Waals surface area contributed by atoms with E-state index < -0.39 is 17.4 Å². The van der Waals surface area contributed by atoms with Crippen LogP contribution in [0.1, 0.15) is 50.5 Å². The third-order valence-electron chi connectivity index (χ3n) is 3.31. The molecule has 1 aromatic heterocycles. The van der Waals surface area contributed by atoms with Gasteiger partial charge in [0, 0.05) is 12.6 Å². The maximum Gasteiger partial charge on any atom is 0.331 e. The van der Waals surface area contributed by atoms with E-state index in [2.05, 4.69) is 10.4 Å². The van der Waals surface area contributed by atoms with Crippen molar-refractivity contribution in [3.63, 3.8) is 0 Å². The average Bonchev–Trinajstić information content (AvgIpc) is 2.48. The second kappa shape index (κ2) is 7.72. The van der Waals surface area contributed by atoms with Crippen molar-refractivity contribution in [1.29, 1.82) is 0 Å². The van der Waals surface area contributed by atoms with Crippen LogP contribution in [0.2, 0.25) is 0 Å². The van der Waals surface area contributed by atoms with E-state index in [0.717, 1.165) is 6.42 Å². The van der Waals surface area contributed by atoms with Crippen LogP contribution in [-0.4, -0.2) is 34.3 Å². The topological polar surface area (TPSA) is 90.3 Å². The second-order valence-corrected chi connectivity index (χ2v) is 5.31. The molecule has 0 saturated carbocycles. The Morgan fingerprint density at radius 3 is 2.55 bits per heavy atom. The van der Waals surface area contributed by atoms with Gasteiger partial charge in [0.25, 0.3) is 11.5 Å². The summed E-state index contributed by atoms with van der Waals surface area (Å²) in [6, 6.07) is 2.65. The third kappa shape index (κ3) is 4.16. The number of hydrogen-bond donors (Lipinski definition) is 1. The highest BCUT2D eigenvalue weighted by Gasteiger charge is 2.35. The largest absolute Gasteiger partial charge is 0.467 e. The van der Waals surface area contributed by atoms with E-state index in [1.54, 1.807) is 6.92 Å². The summed E-state index contributed by atoms with van der Waals surface area (Å²) in [4.78, 5) is 35.8. The molecule has 122 valence electrons. The number of amides is 1. The number of hydrogen-bond acceptors (Lipinski definition) is 5. The van der Waals surface area contributed by atoms with Crippen LogP contribution in [0.25, 0.3) is 0 Å². The summed E-state index contributed by atoms with van der Waals surface area (Å²) in [5.74, 6) is -1.02. The molecule has 0 bridgehead atoms. The van der Waals surface area contributed by atoms with Crippen molar-refractivity contribution >= 4 is 11.9 Å². The second-order valence-electron chi connectivity index (χ2n) is 5.31. The van der Waals surface area contributed by atoms with Crippen molar-refractivity contribution in [1.82, 2.24) is 15.1 Å². The van der Waals surface area contributed by atoms with Crippen LogP contribution < -0.4 is 10.9 Å². The normalized spacial score (nSPS) is 13.3. The van der Waals surface area contributed by atoms with E-state index in [0.29, 0.717) is 19.4 Å². The first-order valence-electron chi connectivity index (χ1n) is 7.37. The summed E-state index contributed by atoms with van der Waals surface area (Å²) in [6.07, 6.45) is 1.88. The smallest absolute Gasteiger partial charge is 0.331 e. The molecule has 1 aromatic rings. The molecule has 0 aliphatic heterocycles. The van der Waals surface area contributed by atoms with Gasteiger partial charge in [0.15, 0.2) is 0 Å². The number of nitrogens with zero attached hydrogens (tertiary/aromatic N) is 2. The van der Waals surface area contributed by atoms with Gasteiger partial charge in [-0.15, -0.1) is 0 Å². The number of carbonyl (C=O) groups is 2. The Hall–Kier alpha value is -2.18. The molecule has 1 N–H and O–H groups in total. The van der Waals surface area contributed by atoms with E-state index >= 15 is 0 Å². The lowest BCUT2D eigenvalue weighted by molar-refractivity contribution is -0.147. The lowest BCUT2D eigenvalue weighted by Gasteiger charge is -2.27. The zero-order valence-electron chi connectivity index (χ0n) is 13.5. The number of esters is 1. The van der Waals surface area contributed by atoms with Crippen molar-refractivity contribution in [3.05, 3.63) is 28.2 Å². The number of methoxy groups -OCH3 is 1. The summed E-state index contributed by atoms with van der Waals surface area (Å²) in [5.41, 5.74) is -1.28. The number of rotatable bonds is 7. The van der Waals surface area contributed by atoms with Crippen LogP contribution in [0.5, 0.6) is 0 Å². The standard InChI is InChI=1S/C15H23N3O4/c1-5-9-15(3,14(21)22-4)16-13(20)11-7-8-12(19)18(17-11)10-6-2/h7-8H,5-6,9-10H2,1-4H3,(H,16,20). The SMILES string of the molecule is CCCn1nc(C(=O)NC(C)(CCC)C(=O)OC)ccc1=O. The number of ether oxygens (including phenoxy) is 1. The van der Waals surface area contributed by atoms with E-state index in [-0.39, 0.29) is 11.3 Å². The highest BCUT2D eigenvalue weighted by molar-refractivity contribution is 5.96. The Morgan fingerprint density at radius 2 is 2.00 bits per heavy atom. The maximum absolute atomic E-state index is 12.3. The first-order valence-corrected chi connectivity index (χ1v) is 7.37. The lowest BCUT2D eigenvalue weighted by Crippen LogP contribution is -2.53. The van der Waals surface area contributed by atoms with Crippen molar-refractivity contribution < 1.29 is 14.3 Å². The van der Waals surface area contributed by atoms with Gasteiger partial charge in [-0.05, 0) is 25.8 Å². The van der Waals surface area contributed by atoms with Gasteiger partial charge < -0.3 is 10.1 Å². The first-order chi connectivity index (χ1) is 10.4. The zero-order chi connectivity index (χ0) is 16.8. The Kier molecular flexibility index (Phi) is 6.27. The molecule has 1 rings (SSSR count). The van der Waals surface area contributed by atoms with E-state index in [1.807, 2.05) is 13.8 Å². The predicted octanol–water partition coefficient (Wildman–Crippen LogP) is 1.11. The molecule has 0 aliphatic carbocycles. The van der Waals surface area contributed by atoms with Crippen molar-refractivity contribution in [2.24, 2.45) is 0 Å². The molecule has 0 spiro atoms. The minimum absolute atomic E-state index is 0.0966. The minimum Gasteiger partial charge on any atom is -0.467 e. The summed E-state index contributed by atoms with van der Waals surface area (Å²) >= 11 is 0. The molecule has 1 heterocycles. The molecule has 0 radical (unpaired) electrons. The van der Waals surface area contributed by atoms with Crippen LogP contribution in [0, 0.1) is 0 Å². The zero-order valence-corrected chi connectivity index (χ0v) is 13.5. The summed E-state index contributed by atoms with van der Waals surface area (Å²) in [6.45, 7) is 5.87. The van der Waals surface area contributed by atoms with Gasteiger partial charge in [0.2, 0.25) is 0 Å². The number of aryl methyl sites for hydroxylation is 1. The number of aromatic nitrogens is 2. The fourth-order valence-electron chi connectivity index (χ4n) is 2.20. The third-order valence-corrected chi connectivity index (χ3v) is 3.31. The fourth-order valence-corrected chi connectivity index (χ4v) is 2.20. The van der Waals surface area contributed by atoms with Gasteiger partial charge >= 0.3 is 5.97 Å². The molecule has 7 heteroatoms. The summed E-state index contributed by atoms with van der Waals surface area (Å²) < 4.78 is 6.00. The van der Waals surface area contributed by atoms with Crippen LogP contribution in [0.4, 0.5) is 0 Å². The van der Waals surface area contributed by atoms with Crippen molar-refractivity contribution in [2.45, 2.75) is 52.1 Å². The van der Waals surface area contributed by atoms with Gasteiger partial charge in [-0.3, -0.25) is 9.59 Å². The molecule has 0 aliphatic rings. The molecule has 0 saturated heterocycles.